The first kappa shape index (κ1) is 22.8. The summed E-state index contributed by atoms with van der Waals surface area (Å²) in [7, 11) is 0. The number of rotatable bonds is 6. The molecule has 9 nitrogen and oxygen atoms in total. The van der Waals surface area contributed by atoms with Crippen molar-refractivity contribution >= 4 is 46.3 Å². The Kier molecular flexibility index (Phi) is 6.26. The van der Waals surface area contributed by atoms with E-state index in [9.17, 15) is 14.3 Å². The van der Waals surface area contributed by atoms with E-state index >= 15 is 0 Å². The number of carbonyl (C=O) groups excluding carboxylic acids is 1. The average Bonchev–Trinajstić information content (AvgIpc) is 3.39. The zero-order valence-electron chi connectivity index (χ0n) is 18.5. The number of anilines is 3. The Morgan fingerprint density at radius 2 is 1.97 bits per heavy atom. The molecule has 0 aliphatic heterocycles. The Hall–Kier alpha value is -2.98. The maximum atomic E-state index is 14.5. The molecule has 2 atom stereocenters. The normalized spacial score (nSPS) is 24.9. The van der Waals surface area contributed by atoms with E-state index in [1.54, 1.807) is 12.3 Å². The van der Waals surface area contributed by atoms with Gasteiger partial charge in [-0.3, -0.25) is 9.36 Å². The molecule has 2 aliphatic rings. The lowest BCUT2D eigenvalue weighted by molar-refractivity contribution is -0.122. The van der Waals surface area contributed by atoms with Gasteiger partial charge < -0.3 is 21.5 Å². The molecular formula is C23H27ClFN7O2. The molecule has 1 unspecified atom stereocenters. The highest BCUT2D eigenvalue weighted by molar-refractivity contribution is 6.33. The van der Waals surface area contributed by atoms with Crippen molar-refractivity contribution in [2.45, 2.75) is 63.1 Å². The van der Waals surface area contributed by atoms with Crippen molar-refractivity contribution in [1.82, 2.24) is 19.5 Å². The van der Waals surface area contributed by atoms with E-state index in [1.165, 1.54) is 12.1 Å². The maximum Gasteiger partial charge on any atom is 0.225 e. The molecule has 2 aromatic heterocycles. The molecule has 180 valence electrons. The van der Waals surface area contributed by atoms with E-state index in [4.69, 9.17) is 22.3 Å². The maximum absolute atomic E-state index is 14.5. The van der Waals surface area contributed by atoms with Crippen molar-refractivity contribution in [3.8, 4) is 0 Å². The first-order valence-electron chi connectivity index (χ1n) is 11.6. The number of aliphatic hydroxyl groups is 1. The van der Waals surface area contributed by atoms with Crippen LogP contribution in [0.25, 0.3) is 11.2 Å². The van der Waals surface area contributed by atoms with Gasteiger partial charge in [0.15, 0.2) is 5.65 Å². The monoisotopic (exact) mass is 487 g/mol. The molecule has 1 amide bonds. The first-order chi connectivity index (χ1) is 16.4. The number of amides is 1. The lowest BCUT2D eigenvalue weighted by Gasteiger charge is -2.29. The summed E-state index contributed by atoms with van der Waals surface area (Å²) in [5, 5.41) is 16.7. The van der Waals surface area contributed by atoms with E-state index in [0.29, 0.717) is 48.7 Å². The molecule has 11 heteroatoms. The minimum Gasteiger partial charge on any atom is -0.391 e. The van der Waals surface area contributed by atoms with Crippen LogP contribution in [-0.4, -0.2) is 42.7 Å². The summed E-state index contributed by atoms with van der Waals surface area (Å²) >= 11 is 6.25. The number of halogens is 2. The van der Waals surface area contributed by atoms with Crippen LogP contribution in [0.2, 0.25) is 5.02 Å². The number of hydrogen-bond acceptors (Lipinski definition) is 7. The van der Waals surface area contributed by atoms with Gasteiger partial charge >= 0.3 is 0 Å². The third kappa shape index (κ3) is 4.39. The lowest BCUT2D eigenvalue weighted by Crippen LogP contribution is -2.29. The van der Waals surface area contributed by atoms with Gasteiger partial charge in [0, 0.05) is 12.0 Å². The highest BCUT2D eigenvalue weighted by Gasteiger charge is 2.30. The van der Waals surface area contributed by atoms with Crippen LogP contribution in [0.1, 0.15) is 51.0 Å². The Morgan fingerprint density at radius 3 is 2.65 bits per heavy atom. The van der Waals surface area contributed by atoms with Crippen molar-refractivity contribution in [1.29, 1.82) is 0 Å². The third-order valence-electron chi connectivity index (χ3n) is 6.89. The van der Waals surface area contributed by atoms with E-state index in [-0.39, 0.29) is 34.6 Å². The topological polar surface area (TPSA) is 131 Å². The zero-order chi connectivity index (χ0) is 23.8. The lowest BCUT2D eigenvalue weighted by atomic mass is 9.85. The van der Waals surface area contributed by atoms with Crippen LogP contribution in [0.4, 0.5) is 22.0 Å². The average molecular weight is 488 g/mol. The Bertz CT molecular complexity index is 1190. The zero-order valence-corrected chi connectivity index (χ0v) is 19.3. The van der Waals surface area contributed by atoms with E-state index in [1.807, 2.05) is 4.57 Å². The SMILES string of the molecule is NC(=O)C1CCC(n2c(Nc3c(F)cccc3Cl)nc3cnc(NC4CCC[C@H]4O)nc32)CC1. The summed E-state index contributed by atoms with van der Waals surface area (Å²) in [5.74, 6) is -0.126. The van der Waals surface area contributed by atoms with Gasteiger partial charge in [-0.25, -0.2) is 14.4 Å². The van der Waals surface area contributed by atoms with Crippen molar-refractivity contribution in [2.24, 2.45) is 11.7 Å². The molecule has 5 rings (SSSR count). The number of primary amides is 1. The minimum atomic E-state index is -0.493. The van der Waals surface area contributed by atoms with Gasteiger partial charge in [-0.05, 0) is 57.1 Å². The van der Waals surface area contributed by atoms with Crippen LogP contribution in [0.3, 0.4) is 0 Å². The molecule has 0 bridgehead atoms. The van der Waals surface area contributed by atoms with Crippen molar-refractivity contribution in [3.63, 3.8) is 0 Å². The largest absolute Gasteiger partial charge is 0.391 e. The van der Waals surface area contributed by atoms with Crippen LogP contribution in [0, 0.1) is 11.7 Å². The molecule has 5 N–H and O–H groups in total. The number of fused-ring (bicyclic) bond motifs is 1. The minimum absolute atomic E-state index is 0.0199. The quantitative estimate of drug-likeness (QED) is 0.414. The summed E-state index contributed by atoms with van der Waals surface area (Å²) in [6, 6.07) is 4.35. The van der Waals surface area contributed by atoms with Crippen LogP contribution in [0.15, 0.2) is 24.4 Å². The molecule has 2 heterocycles. The number of hydrogen-bond donors (Lipinski definition) is 4. The molecule has 3 aromatic rings. The number of nitrogens with two attached hydrogens (primary N) is 1. The number of imidazole rings is 1. The second-order valence-corrected chi connectivity index (χ2v) is 9.49. The highest BCUT2D eigenvalue weighted by atomic mass is 35.5. The highest BCUT2D eigenvalue weighted by Crippen LogP contribution is 2.38. The summed E-state index contributed by atoms with van der Waals surface area (Å²) in [6.07, 6.45) is 6.43. The van der Waals surface area contributed by atoms with Gasteiger partial charge in [0.05, 0.1) is 29.1 Å². The summed E-state index contributed by atoms with van der Waals surface area (Å²) in [5.41, 5.74) is 6.78. The van der Waals surface area contributed by atoms with E-state index in [0.717, 1.165) is 19.3 Å². The Balaban J connectivity index is 1.53. The van der Waals surface area contributed by atoms with E-state index < -0.39 is 11.9 Å². The number of nitrogens with zero attached hydrogens (tertiary/aromatic N) is 4. The van der Waals surface area contributed by atoms with Crippen molar-refractivity contribution < 1.29 is 14.3 Å². The predicted octanol–water partition coefficient (Wildman–Crippen LogP) is 3.90. The number of carbonyl (C=O) groups is 1. The van der Waals surface area contributed by atoms with Gasteiger partial charge in [0.2, 0.25) is 17.8 Å². The summed E-state index contributed by atoms with van der Waals surface area (Å²) in [6.45, 7) is 0. The molecule has 2 fully saturated rings. The molecule has 1 aromatic carbocycles. The molecule has 0 saturated heterocycles. The first-order valence-corrected chi connectivity index (χ1v) is 12.0. The van der Waals surface area contributed by atoms with Gasteiger partial charge in [0.25, 0.3) is 0 Å². The van der Waals surface area contributed by atoms with Gasteiger partial charge in [0.1, 0.15) is 11.3 Å². The van der Waals surface area contributed by atoms with Crippen LogP contribution >= 0.6 is 11.6 Å². The molecule has 0 spiro atoms. The second-order valence-electron chi connectivity index (χ2n) is 9.09. The number of aromatic nitrogens is 4. The molecule has 2 saturated carbocycles. The van der Waals surface area contributed by atoms with Gasteiger partial charge in [-0.15, -0.1) is 0 Å². The van der Waals surface area contributed by atoms with Crippen molar-refractivity contribution in [2.75, 3.05) is 10.6 Å². The van der Waals surface area contributed by atoms with Gasteiger partial charge in [-0.2, -0.15) is 4.98 Å². The predicted molar refractivity (Wildman–Crippen MR) is 127 cm³/mol. The standard InChI is InChI=1S/C23H27ClFN7O2/c24-14-3-1-4-15(25)19(14)30-23-29-17-11-27-22(28-16-5-2-6-18(16)33)31-21(17)32(23)13-9-7-12(8-10-13)20(26)34/h1,3-4,11-13,16,18,33H,2,5-10H2,(H2,26,34)(H,29,30)(H,27,28,31)/t12?,13?,16?,18-/m1/s1. The fourth-order valence-corrected chi connectivity index (χ4v) is 5.23. The molecule has 34 heavy (non-hydrogen) atoms. The third-order valence-corrected chi connectivity index (χ3v) is 7.21. The number of nitrogens with one attached hydrogen (secondary N) is 2. The van der Waals surface area contributed by atoms with Gasteiger partial charge in [-0.1, -0.05) is 17.7 Å². The van der Waals surface area contributed by atoms with Crippen molar-refractivity contribution in [3.05, 3.63) is 35.2 Å². The number of aliphatic hydroxyl groups excluding tert-OH is 1. The fraction of sp³-hybridized carbons (Fsp3) is 0.478. The fourth-order valence-electron chi connectivity index (χ4n) is 5.02. The molecular weight excluding hydrogens is 461 g/mol. The van der Waals surface area contributed by atoms with Crippen LogP contribution < -0.4 is 16.4 Å². The molecule has 2 aliphatic carbocycles. The molecule has 0 radical (unpaired) electrons. The Morgan fingerprint density at radius 1 is 1.18 bits per heavy atom. The number of para-hydroxylation sites is 1. The van der Waals surface area contributed by atoms with Crippen LogP contribution in [-0.2, 0) is 4.79 Å². The number of benzene rings is 1. The Labute approximate surface area is 200 Å². The summed E-state index contributed by atoms with van der Waals surface area (Å²) in [4.78, 5) is 25.4. The second kappa shape index (κ2) is 9.34. The summed E-state index contributed by atoms with van der Waals surface area (Å²) < 4.78 is 16.5. The van der Waals surface area contributed by atoms with E-state index in [2.05, 4.69) is 20.6 Å². The van der Waals surface area contributed by atoms with Crippen LogP contribution in [0.5, 0.6) is 0 Å². The smallest absolute Gasteiger partial charge is 0.225 e.